The van der Waals surface area contributed by atoms with Crippen molar-refractivity contribution in [1.82, 2.24) is 15.1 Å². The van der Waals surface area contributed by atoms with Gasteiger partial charge in [-0.25, -0.2) is 0 Å². The highest BCUT2D eigenvalue weighted by molar-refractivity contribution is 5.02. The maximum atomic E-state index is 5.32. The van der Waals surface area contributed by atoms with E-state index < -0.39 is 0 Å². The summed E-state index contributed by atoms with van der Waals surface area (Å²) in [5.41, 5.74) is 1.08. The molecule has 0 spiro atoms. The van der Waals surface area contributed by atoms with Crippen molar-refractivity contribution < 1.29 is 0 Å². The maximum Gasteiger partial charge on any atom is 0.0762 e. The van der Waals surface area contributed by atoms with Crippen LogP contribution in [-0.2, 0) is 6.54 Å². The van der Waals surface area contributed by atoms with Gasteiger partial charge in [-0.15, -0.1) is 6.42 Å². The van der Waals surface area contributed by atoms with E-state index >= 15 is 0 Å². The lowest BCUT2D eigenvalue weighted by molar-refractivity contribution is 0.327. The van der Waals surface area contributed by atoms with E-state index in [1.54, 1.807) is 0 Å². The fourth-order valence-electron chi connectivity index (χ4n) is 2.34. The van der Waals surface area contributed by atoms with Crippen LogP contribution in [0, 0.1) is 12.3 Å². The summed E-state index contributed by atoms with van der Waals surface area (Å²) < 4.78 is 2.14. The third kappa shape index (κ3) is 3.34. The third-order valence-electron chi connectivity index (χ3n) is 3.45. The van der Waals surface area contributed by atoms with Crippen molar-refractivity contribution in [3.05, 3.63) is 18.0 Å². The first-order valence-corrected chi connectivity index (χ1v) is 6.53. The predicted octanol–water partition coefficient (Wildman–Crippen LogP) is 2.50. The van der Waals surface area contributed by atoms with E-state index in [0.717, 1.165) is 12.2 Å². The van der Waals surface area contributed by atoms with Crippen LogP contribution in [0.3, 0.4) is 0 Å². The van der Waals surface area contributed by atoms with Crippen LogP contribution < -0.4 is 5.32 Å². The van der Waals surface area contributed by atoms with Crippen LogP contribution in [-0.4, -0.2) is 15.8 Å². The van der Waals surface area contributed by atoms with Gasteiger partial charge in [0.15, 0.2) is 0 Å². The molecule has 1 aromatic heterocycles. The molecule has 0 aliphatic heterocycles. The molecule has 1 aliphatic rings. The molecular weight excluding hydrogens is 210 g/mol. The maximum absolute atomic E-state index is 5.32. The first-order valence-electron chi connectivity index (χ1n) is 6.53. The van der Waals surface area contributed by atoms with Crippen LogP contribution >= 0.6 is 0 Å². The Kier molecular flexibility index (Phi) is 4.22. The number of aromatic nitrogens is 2. The molecule has 0 radical (unpaired) electrons. The van der Waals surface area contributed by atoms with Crippen LogP contribution in [0.2, 0.25) is 0 Å². The van der Waals surface area contributed by atoms with Gasteiger partial charge in [0.05, 0.1) is 17.8 Å². The Balaban J connectivity index is 1.89. The highest BCUT2D eigenvalue weighted by Gasteiger charge is 2.15. The Bertz CT molecular complexity index is 382. The topological polar surface area (TPSA) is 29.9 Å². The molecule has 0 saturated heterocycles. The van der Waals surface area contributed by atoms with E-state index in [0.29, 0.717) is 6.04 Å². The lowest BCUT2D eigenvalue weighted by Crippen LogP contribution is -2.24. The average Bonchev–Trinajstić information content (AvgIpc) is 2.86. The number of rotatable bonds is 4. The van der Waals surface area contributed by atoms with E-state index in [-0.39, 0.29) is 6.04 Å². The Morgan fingerprint density at radius 1 is 1.53 bits per heavy atom. The first kappa shape index (κ1) is 12.2. The number of hydrogen-bond donors (Lipinski definition) is 1. The molecule has 2 rings (SSSR count). The zero-order valence-corrected chi connectivity index (χ0v) is 10.5. The second-order valence-electron chi connectivity index (χ2n) is 4.85. The monoisotopic (exact) mass is 231 g/mol. The summed E-state index contributed by atoms with van der Waals surface area (Å²) in [6, 6.07) is 2.81. The second kappa shape index (κ2) is 5.88. The van der Waals surface area contributed by atoms with Gasteiger partial charge in [-0.05, 0) is 25.8 Å². The van der Waals surface area contributed by atoms with Gasteiger partial charge in [0.2, 0.25) is 0 Å². The van der Waals surface area contributed by atoms with Crippen LogP contribution in [0.15, 0.2) is 12.3 Å². The Morgan fingerprint density at radius 2 is 2.29 bits per heavy atom. The fourth-order valence-corrected chi connectivity index (χ4v) is 2.34. The fraction of sp³-hybridized carbons (Fsp3) is 0.643. The van der Waals surface area contributed by atoms with Gasteiger partial charge in [0.25, 0.3) is 0 Å². The van der Waals surface area contributed by atoms with Crippen LogP contribution in [0.5, 0.6) is 0 Å². The molecule has 1 heterocycles. The minimum atomic E-state index is 0.106. The molecule has 1 aliphatic carbocycles. The molecule has 1 fully saturated rings. The normalized spacial score (nSPS) is 18.8. The van der Waals surface area contributed by atoms with Gasteiger partial charge in [-0.3, -0.25) is 10.00 Å². The Morgan fingerprint density at radius 3 is 3.00 bits per heavy atom. The van der Waals surface area contributed by atoms with Crippen LogP contribution in [0.25, 0.3) is 0 Å². The summed E-state index contributed by atoms with van der Waals surface area (Å²) in [6.45, 7) is 2.74. The number of hydrogen-bond acceptors (Lipinski definition) is 2. The molecule has 0 bridgehead atoms. The SMILES string of the molecule is C#CC(C)NCc1ccn(C2CCCCC2)n1. The van der Waals surface area contributed by atoms with Crippen molar-refractivity contribution >= 4 is 0 Å². The molecule has 1 N–H and O–H groups in total. The average molecular weight is 231 g/mol. The van der Waals surface area contributed by atoms with Crippen molar-refractivity contribution in [2.24, 2.45) is 0 Å². The molecule has 0 aromatic carbocycles. The standard InChI is InChI=1S/C14H21N3/c1-3-12(2)15-11-13-9-10-17(16-13)14-7-5-4-6-8-14/h1,9-10,12,14-15H,4-8,11H2,2H3. The Labute approximate surface area is 104 Å². The highest BCUT2D eigenvalue weighted by atomic mass is 15.3. The lowest BCUT2D eigenvalue weighted by atomic mass is 9.96. The summed E-state index contributed by atoms with van der Waals surface area (Å²) >= 11 is 0. The zero-order chi connectivity index (χ0) is 12.1. The van der Waals surface area contributed by atoms with Gasteiger partial charge in [0.1, 0.15) is 0 Å². The molecule has 1 unspecified atom stereocenters. The van der Waals surface area contributed by atoms with Crippen LogP contribution in [0.4, 0.5) is 0 Å². The summed E-state index contributed by atoms with van der Waals surface area (Å²) in [7, 11) is 0. The molecule has 1 aromatic rings. The van der Waals surface area contributed by atoms with Crippen molar-refractivity contribution in [3.63, 3.8) is 0 Å². The highest BCUT2D eigenvalue weighted by Crippen LogP contribution is 2.27. The summed E-state index contributed by atoms with van der Waals surface area (Å²) in [6.07, 6.45) is 14.0. The van der Waals surface area contributed by atoms with Crippen molar-refractivity contribution in [3.8, 4) is 12.3 Å². The van der Waals surface area contributed by atoms with E-state index in [1.807, 2.05) is 6.92 Å². The summed E-state index contributed by atoms with van der Waals surface area (Å²) in [5.74, 6) is 2.66. The molecule has 3 heteroatoms. The molecule has 1 saturated carbocycles. The van der Waals surface area contributed by atoms with E-state index in [4.69, 9.17) is 6.42 Å². The molecule has 0 amide bonds. The quantitative estimate of drug-likeness (QED) is 0.807. The van der Waals surface area contributed by atoms with E-state index in [1.165, 1.54) is 32.1 Å². The van der Waals surface area contributed by atoms with Crippen molar-refractivity contribution in [2.45, 2.75) is 57.7 Å². The van der Waals surface area contributed by atoms with Gasteiger partial charge in [0, 0.05) is 12.7 Å². The van der Waals surface area contributed by atoms with Crippen LogP contribution in [0.1, 0.15) is 50.8 Å². The minimum absolute atomic E-state index is 0.106. The summed E-state index contributed by atoms with van der Waals surface area (Å²) in [5, 5.41) is 7.88. The minimum Gasteiger partial charge on any atom is -0.298 e. The number of nitrogens with one attached hydrogen (secondary N) is 1. The van der Waals surface area contributed by atoms with Gasteiger partial charge in [-0.2, -0.15) is 5.10 Å². The first-order chi connectivity index (χ1) is 8.29. The Hall–Kier alpha value is -1.27. The molecule has 1 atom stereocenters. The zero-order valence-electron chi connectivity index (χ0n) is 10.5. The molecule has 92 valence electrons. The number of nitrogens with zero attached hydrogens (tertiary/aromatic N) is 2. The largest absolute Gasteiger partial charge is 0.298 e. The third-order valence-corrected chi connectivity index (χ3v) is 3.45. The van der Waals surface area contributed by atoms with Gasteiger partial charge < -0.3 is 0 Å². The molecule has 3 nitrogen and oxygen atoms in total. The van der Waals surface area contributed by atoms with E-state index in [9.17, 15) is 0 Å². The van der Waals surface area contributed by atoms with Crippen molar-refractivity contribution in [2.75, 3.05) is 0 Å². The van der Waals surface area contributed by atoms with Gasteiger partial charge in [-0.1, -0.05) is 25.2 Å². The number of terminal acetylenes is 1. The second-order valence-corrected chi connectivity index (χ2v) is 4.85. The van der Waals surface area contributed by atoms with E-state index in [2.05, 4.69) is 33.3 Å². The van der Waals surface area contributed by atoms with Crippen molar-refractivity contribution in [1.29, 1.82) is 0 Å². The lowest BCUT2D eigenvalue weighted by Gasteiger charge is -2.21. The predicted molar refractivity (Wildman–Crippen MR) is 69.5 cm³/mol. The van der Waals surface area contributed by atoms with Gasteiger partial charge >= 0.3 is 0 Å². The smallest absolute Gasteiger partial charge is 0.0762 e. The molecule has 17 heavy (non-hydrogen) atoms. The molecular formula is C14H21N3. The summed E-state index contributed by atoms with van der Waals surface area (Å²) in [4.78, 5) is 0.